The summed E-state index contributed by atoms with van der Waals surface area (Å²) in [6.45, 7) is 1.18. The maximum atomic E-state index is 13.1. The van der Waals surface area contributed by atoms with E-state index in [1.807, 2.05) is 4.90 Å². The number of halogens is 3. The van der Waals surface area contributed by atoms with Gasteiger partial charge in [0.1, 0.15) is 5.69 Å². The van der Waals surface area contributed by atoms with Gasteiger partial charge < -0.3 is 5.11 Å². The number of aromatic nitrogens is 1. The number of carboxylic acids is 1. The van der Waals surface area contributed by atoms with Crippen molar-refractivity contribution in [1.29, 1.82) is 0 Å². The zero-order valence-electron chi connectivity index (χ0n) is 12.7. The van der Waals surface area contributed by atoms with E-state index in [1.54, 1.807) is 12.1 Å². The van der Waals surface area contributed by atoms with Crippen molar-refractivity contribution >= 4 is 5.97 Å². The highest BCUT2D eigenvalue weighted by Crippen LogP contribution is 2.33. The average Bonchev–Trinajstić information content (AvgIpc) is 2.53. The first kappa shape index (κ1) is 16.4. The number of nitrogens with zero attached hydrogens (tertiary/aromatic N) is 2. The van der Waals surface area contributed by atoms with Gasteiger partial charge in [0, 0.05) is 31.7 Å². The minimum Gasteiger partial charge on any atom is -0.477 e. The largest absolute Gasteiger partial charge is 0.477 e. The number of benzene rings is 1. The minimum atomic E-state index is -4.37. The number of carbonyl (C=O) groups is 1. The standard InChI is InChI=1S/C17H15F3N2O2/c18-17(19,20)13-4-2-1-3-11(13)9-22-8-7-14-12(10-22)5-6-15(21-14)16(23)24/h1-6H,7-10H2,(H,23,24). The lowest BCUT2D eigenvalue weighted by atomic mass is 10.0. The summed E-state index contributed by atoms with van der Waals surface area (Å²) in [4.78, 5) is 17.0. The second-order valence-corrected chi connectivity index (χ2v) is 5.72. The fourth-order valence-corrected chi connectivity index (χ4v) is 2.90. The van der Waals surface area contributed by atoms with Crippen molar-refractivity contribution in [3.05, 3.63) is 64.5 Å². The highest BCUT2D eigenvalue weighted by Gasteiger charge is 2.33. The van der Waals surface area contributed by atoms with Crippen LogP contribution in [0.4, 0.5) is 13.2 Å². The number of pyridine rings is 1. The number of alkyl halides is 3. The van der Waals surface area contributed by atoms with Crippen LogP contribution in [0.1, 0.15) is 32.9 Å². The summed E-state index contributed by atoms with van der Waals surface area (Å²) in [7, 11) is 0. The molecule has 0 unspecified atom stereocenters. The van der Waals surface area contributed by atoms with Gasteiger partial charge in [-0.05, 0) is 23.3 Å². The maximum absolute atomic E-state index is 13.1. The Labute approximate surface area is 136 Å². The highest BCUT2D eigenvalue weighted by atomic mass is 19.4. The van der Waals surface area contributed by atoms with Gasteiger partial charge >= 0.3 is 12.1 Å². The van der Waals surface area contributed by atoms with Crippen LogP contribution < -0.4 is 0 Å². The summed E-state index contributed by atoms with van der Waals surface area (Å²) in [6, 6.07) is 8.68. The van der Waals surface area contributed by atoms with Crippen LogP contribution in [0.2, 0.25) is 0 Å². The van der Waals surface area contributed by atoms with E-state index < -0.39 is 17.7 Å². The first-order valence-corrected chi connectivity index (χ1v) is 7.44. The number of hydrogen-bond donors (Lipinski definition) is 1. The van der Waals surface area contributed by atoms with Gasteiger partial charge in [-0.25, -0.2) is 9.78 Å². The van der Waals surface area contributed by atoms with Gasteiger partial charge in [-0.3, -0.25) is 4.90 Å². The summed E-state index contributed by atoms with van der Waals surface area (Å²) in [5.41, 5.74) is 1.18. The molecule has 126 valence electrons. The third-order valence-corrected chi connectivity index (χ3v) is 4.06. The Morgan fingerprint density at radius 1 is 1.21 bits per heavy atom. The molecule has 24 heavy (non-hydrogen) atoms. The Balaban J connectivity index is 1.79. The van der Waals surface area contributed by atoms with E-state index in [-0.39, 0.29) is 17.8 Å². The molecule has 4 nitrogen and oxygen atoms in total. The average molecular weight is 336 g/mol. The van der Waals surface area contributed by atoms with Crippen molar-refractivity contribution in [2.24, 2.45) is 0 Å². The van der Waals surface area contributed by atoms with Crippen molar-refractivity contribution in [3.8, 4) is 0 Å². The molecule has 2 heterocycles. The fraction of sp³-hybridized carbons (Fsp3) is 0.294. The van der Waals surface area contributed by atoms with Crippen LogP contribution in [0.5, 0.6) is 0 Å². The van der Waals surface area contributed by atoms with Gasteiger partial charge in [0.25, 0.3) is 0 Å². The number of aromatic carboxylic acids is 1. The Bertz CT molecular complexity index is 775. The third kappa shape index (κ3) is 3.41. The molecule has 2 aromatic rings. The second kappa shape index (κ2) is 6.24. The molecule has 0 aliphatic carbocycles. The van der Waals surface area contributed by atoms with Crippen LogP contribution >= 0.6 is 0 Å². The molecule has 7 heteroatoms. The Hall–Kier alpha value is -2.41. The number of hydrogen-bond acceptors (Lipinski definition) is 3. The molecular weight excluding hydrogens is 321 g/mol. The van der Waals surface area contributed by atoms with E-state index in [0.717, 1.165) is 11.6 Å². The predicted octanol–water partition coefficient (Wildman–Crippen LogP) is 3.36. The molecule has 1 aromatic heterocycles. The van der Waals surface area contributed by atoms with Gasteiger partial charge in [0.05, 0.1) is 5.56 Å². The van der Waals surface area contributed by atoms with Gasteiger partial charge in [-0.15, -0.1) is 0 Å². The lowest BCUT2D eigenvalue weighted by Gasteiger charge is -2.29. The summed E-state index contributed by atoms with van der Waals surface area (Å²) < 4.78 is 39.2. The lowest BCUT2D eigenvalue weighted by molar-refractivity contribution is -0.138. The van der Waals surface area contributed by atoms with E-state index in [1.165, 1.54) is 18.2 Å². The summed E-state index contributed by atoms with van der Waals surface area (Å²) in [6.07, 6.45) is -3.85. The molecule has 0 spiro atoms. The quantitative estimate of drug-likeness (QED) is 0.934. The third-order valence-electron chi connectivity index (χ3n) is 4.06. The van der Waals surface area contributed by atoms with Crippen molar-refractivity contribution < 1.29 is 23.1 Å². The van der Waals surface area contributed by atoms with Gasteiger partial charge in [-0.2, -0.15) is 13.2 Å². The monoisotopic (exact) mass is 336 g/mol. The normalized spacial score (nSPS) is 15.1. The summed E-state index contributed by atoms with van der Waals surface area (Å²) in [5.74, 6) is -1.08. The lowest BCUT2D eigenvalue weighted by Crippen LogP contribution is -2.31. The van der Waals surface area contributed by atoms with Crippen LogP contribution in [-0.4, -0.2) is 27.5 Å². The topological polar surface area (TPSA) is 53.4 Å². The zero-order valence-corrected chi connectivity index (χ0v) is 12.7. The molecule has 1 aliphatic heterocycles. The Kier molecular flexibility index (Phi) is 4.28. The van der Waals surface area contributed by atoms with Gasteiger partial charge in [-0.1, -0.05) is 24.3 Å². The van der Waals surface area contributed by atoms with Crippen molar-refractivity contribution in [2.45, 2.75) is 25.7 Å². The summed E-state index contributed by atoms with van der Waals surface area (Å²) in [5, 5.41) is 8.96. The highest BCUT2D eigenvalue weighted by molar-refractivity contribution is 5.85. The van der Waals surface area contributed by atoms with Crippen LogP contribution in [0.3, 0.4) is 0 Å². The Morgan fingerprint density at radius 3 is 2.67 bits per heavy atom. The first-order valence-electron chi connectivity index (χ1n) is 7.44. The molecule has 0 amide bonds. The van der Waals surface area contributed by atoms with E-state index >= 15 is 0 Å². The molecule has 0 bridgehead atoms. The van der Waals surface area contributed by atoms with Crippen LogP contribution in [-0.2, 0) is 25.7 Å². The zero-order chi connectivity index (χ0) is 17.3. The molecule has 1 aromatic carbocycles. The van der Waals surface area contributed by atoms with Crippen LogP contribution in [0, 0.1) is 0 Å². The fourth-order valence-electron chi connectivity index (χ4n) is 2.90. The molecule has 1 N–H and O–H groups in total. The van der Waals surface area contributed by atoms with Crippen molar-refractivity contribution in [1.82, 2.24) is 9.88 Å². The smallest absolute Gasteiger partial charge is 0.416 e. The molecule has 0 saturated carbocycles. The van der Waals surface area contributed by atoms with Crippen LogP contribution in [0.15, 0.2) is 36.4 Å². The van der Waals surface area contributed by atoms with E-state index in [9.17, 15) is 18.0 Å². The molecule has 0 saturated heterocycles. The van der Waals surface area contributed by atoms with Gasteiger partial charge in [0.15, 0.2) is 0 Å². The van der Waals surface area contributed by atoms with Crippen molar-refractivity contribution in [3.63, 3.8) is 0 Å². The molecule has 0 fully saturated rings. The Morgan fingerprint density at radius 2 is 1.96 bits per heavy atom. The first-order chi connectivity index (χ1) is 11.3. The number of rotatable bonds is 3. The molecule has 3 rings (SSSR count). The second-order valence-electron chi connectivity index (χ2n) is 5.72. The van der Waals surface area contributed by atoms with E-state index in [4.69, 9.17) is 5.11 Å². The summed E-state index contributed by atoms with van der Waals surface area (Å²) >= 11 is 0. The van der Waals surface area contributed by atoms with E-state index in [0.29, 0.717) is 25.2 Å². The minimum absolute atomic E-state index is 0.00961. The SMILES string of the molecule is O=C(O)c1ccc2c(n1)CCN(Cc1ccccc1C(F)(F)F)C2. The van der Waals surface area contributed by atoms with Gasteiger partial charge in [0.2, 0.25) is 0 Å². The van der Waals surface area contributed by atoms with Crippen molar-refractivity contribution in [2.75, 3.05) is 6.54 Å². The molecular formula is C17H15F3N2O2. The number of fused-ring (bicyclic) bond motifs is 1. The maximum Gasteiger partial charge on any atom is 0.416 e. The molecule has 1 aliphatic rings. The molecule has 0 radical (unpaired) electrons. The predicted molar refractivity (Wildman–Crippen MR) is 80.5 cm³/mol. The number of carboxylic acid groups (broad SMARTS) is 1. The van der Waals surface area contributed by atoms with E-state index in [2.05, 4.69) is 4.98 Å². The molecule has 0 atom stereocenters. The van der Waals surface area contributed by atoms with Crippen LogP contribution in [0.25, 0.3) is 0 Å².